The zero-order valence-electron chi connectivity index (χ0n) is 16.9. The number of rotatable bonds is 9. The van der Waals surface area contributed by atoms with Crippen molar-refractivity contribution >= 4 is 27.7 Å². The third kappa shape index (κ3) is 5.27. The van der Waals surface area contributed by atoms with E-state index in [2.05, 4.69) is 15.9 Å². The minimum Gasteiger partial charge on any atom is -0.497 e. The molecule has 8 heteroatoms. The fourth-order valence-electron chi connectivity index (χ4n) is 2.82. The van der Waals surface area contributed by atoms with E-state index in [4.69, 9.17) is 23.7 Å². The Morgan fingerprint density at radius 2 is 1.45 bits per heavy atom. The van der Waals surface area contributed by atoms with Gasteiger partial charge in [-0.2, -0.15) is 0 Å². The van der Waals surface area contributed by atoms with Crippen LogP contribution in [0.4, 0.5) is 0 Å². The maximum Gasteiger partial charge on any atom is 0.308 e. The highest BCUT2D eigenvalue weighted by Crippen LogP contribution is 2.39. The number of benzene rings is 2. The van der Waals surface area contributed by atoms with E-state index < -0.39 is 16.9 Å². The molecule has 0 saturated heterocycles. The number of Topliss-reactive ketones (excluding diaryl/α,β-unsaturated/α-hetero) is 1. The summed E-state index contributed by atoms with van der Waals surface area (Å²) in [6.07, 6.45) is -0.606. The lowest BCUT2D eigenvalue weighted by Gasteiger charge is -2.23. The van der Waals surface area contributed by atoms with Crippen LogP contribution in [-0.2, 0) is 9.53 Å². The van der Waals surface area contributed by atoms with Crippen LogP contribution < -0.4 is 18.9 Å². The standard InChI is InChI=1S/C21H23BrO7/c1-12(23)29-17-11-15(26-3)10-16(27-4)18(17)20(24)19(22)21(28-5)13-6-8-14(25-2)9-7-13/h6-11,19,21H,1-5H3. The normalized spacial score (nSPS) is 12.6. The summed E-state index contributed by atoms with van der Waals surface area (Å²) in [5.74, 6) is 0.406. The number of methoxy groups -OCH3 is 4. The molecule has 29 heavy (non-hydrogen) atoms. The fraction of sp³-hybridized carbons (Fsp3) is 0.333. The molecule has 0 aromatic heterocycles. The van der Waals surface area contributed by atoms with E-state index >= 15 is 0 Å². The molecular weight excluding hydrogens is 444 g/mol. The number of halogens is 1. The van der Waals surface area contributed by atoms with Gasteiger partial charge in [0.15, 0.2) is 5.78 Å². The molecule has 0 heterocycles. The van der Waals surface area contributed by atoms with Gasteiger partial charge in [-0.3, -0.25) is 9.59 Å². The molecule has 0 fully saturated rings. The molecule has 0 amide bonds. The molecule has 0 aliphatic carbocycles. The highest BCUT2D eigenvalue weighted by atomic mass is 79.9. The monoisotopic (exact) mass is 466 g/mol. The smallest absolute Gasteiger partial charge is 0.308 e. The molecule has 0 aliphatic heterocycles. The van der Waals surface area contributed by atoms with Crippen LogP contribution in [0, 0.1) is 0 Å². The number of hydrogen-bond acceptors (Lipinski definition) is 7. The van der Waals surface area contributed by atoms with E-state index in [0.29, 0.717) is 11.5 Å². The van der Waals surface area contributed by atoms with E-state index in [1.165, 1.54) is 34.3 Å². The molecule has 7 nitrogen and oxygen atoms in total. The summed E-state index contributed by atoms with van der Waals surface area (Å²) >= 11 is 3.45. The Kier molecular flexibility index (Phi) is 8.04. The van der Waals surface area contributed by atoms with E-state index in [-0.39, 0.29) is 22.8 Å². The summed E-state index contributed by atoms with van der Waals surface area (Å²) in [6, 6.07) is 10.2. The molecular formula is C21H23BrO7. The predicted molar refractivity (Wildman–Crippen MR) is 111 cm³/mol. The van der Waals surface area contributed by atoms with Crippen LogP contribution in [0.25, 0.3) is 0 Å². The molecule has 2 atom stereocenters. The van der Waals surface area contributed by atoms with Gasteiger partial charge in [-0.1, -0.05) is 28.1 Å². The Balaban J connectivity index is 2.48. The third-order valence-electron chi connectivity index (χ3n) is 4.21. The zero-order valence-corrected chi connectivity index (χ0v) is 18.4. The minimum absolute atomic E-state index is 0.0488. The summed E-state index contributed by atoms with van der Waals surface area (Å²) in [7, 11) is 5.97. The number of carbonyl (C=O) groups is 2. The van der Waals surface area contributed by atoms with Crippen LogP contribution in [0.1, 0.15) is 28.9 Å². The molecule has 0 N–H and O–H groups in total. The second-order valence-corrected chi connectivity index (χ2v) is 6.98. The van der Waals surface area contributed by atoms with Crippen molar-refractivity contribution in [3.05, 3.63) is 47.5 Å². The SMILES string of the molecule is COc1ccc(C(OC)C(Br)C(=O)c2c(OC)cc(OC)cc2OC(C)=O)cc1. The van der Waals surface area contributed by atoms with Crippen LogP contribution in [0.15, 0.2) is 36.4 Å². The number of alkyl halides is 1. The number of ketones is 1. The van der Waals surface area contributed by atoms with Crippen molar-refractivity contribution in [3.8, 4) is 23.0 Å². The van der Waals surface area contributed by atoms with Crippen molar-refractivity contribution < 1.29 is 33.3 Å². The first-order valence-corrected chi connectivity index (χ1v) is 9.57. The van der Waals surface area contributed by atoms with Gasteiger partial charge in [-0.25, -0.2) is 0 Å². The van der Waals surface area contributed by atoms with E-state index in [1.54, 1.807) is 25.3 Å². The molecule has 2 rings (SSSR count). The maximum absolute atomic E-state index is 13.4. The maximum atomic E-state index is 13.4. The Morgan fingerprint density at radius 3 is 1.93 bits per heavy atom. The van der Waals surface area contributed by atoms with Crippen LogP contribution in [-0.4, -0.2) is 45.0 Å². The van der Waals surface area contributed by atoms with Crippen LogP contribution in [0.2, 0.25) is 0 Å². The number of ether oxygens (including phenoxy) is 5. The predicted octanol–water partition coefficient (Wildman–Crippen LogP) is 3.97. The van der Waals surface area contributed by atoms with E-state index in [9.17, 15) is 9.59 Å². The van der Waals surface area contributed by atoms with Gasteiger partial charge in [0, 0.05) is 26.2 Å². The van der Waals surface area contributed by atoms with E-state index in [0.717, 1.165) is 5.56 Å². The first-order valence-electron chi connectivity index (χ1n) is 8.65. The quantitative estimate of drug-likeness (QED) is 0.239. The average molecular weight is 467 g/mol. The van der Waals surface area contributed by atoms with E-state index in [1.807, 2.05) is 12.1 Å². The van der Waals surface area contributed by atoms with Gasteiger partial charge in [-0.15, -0.1) is 0 Å². The Morgan fingerprint density at radius 1 is 0.862 bits per heavy atom. The molecule has 0 spiro atoms. The first kappa shape index (κ1) is 22.7. The molecule has 0 radical (unpaired) electrons. The molecule has 156 valence electrons. The van der Waals surface area contributed by atoms with Gasteiger partial charge in [0.1, 0.15) is 39.5 Å². The van der Waals surface area contributed by atoms with Crippen molar-refractivity contribution in [2.24, 2.45) is 0 Å². The number of hydrogen-bond donors (Lipinski definition) is 0. The van der Waals surface area contributed by atoms with Crippen molar-refractivity contribution in [2.45, 2.75) is 17.9 Å². The van der Waals surface area contributed by atoms with Gasteiger partial charge in [0.25, 0.3) is 0 Å². The first-order chi connectivity index (χ1) is 13.9. The lowest BCUT2D eigenvalue weighted by atomic mass is 9.98. The minimum atomic E-state index is -0.780. The lowest BCUT2D eigenvalue weighted by Crippen LogP contribution is -2.25. The summed E-state index contributed by atoms with van der Waals surface area (Å²) < 4.78 is 26.6. The van der Waals surface area contributed by atoms with Gasteiger partial charge < -0.3 is 23.7 Å². The highest BCUT2D eigenvalue weighted by Gasteiger charge is 2.33. The topological polar surface area (TPSA) is 80.3 Å². The van der Waals surface area contributed by atoms with Crippen molar-refractivity contribution in [3.63, 3.8) is 0 Å². The molecule has 2 aromatic carbocycles. The third-order valence-corrected chi connectivity index (χ3v) is 5.11. The summed E-state index contributed by atoms with van der Waals surface area (Å²) in [4.78, 5) is 24.1. The van der Waals surface area contributed by atoms with Gasteiger partial charge >= 0.3 is 5.97 Å². The molecule has 0 saturated carbocycles. The Bertz CT molecular complexity index is 864. The molecule has 0 aliphatic rings. The number of esters is 1. The second-order valence-electron chi connectivity index (χ2n) is 5.99. The van der Waals surface area contributed by atoms with Gasteiger partial charge in [0.2, 0.25) is 0 Å². The second kappa shape index (κ2) is 10.3. The van der Waals surface area contributed by atoms with Crippen molar-refractivity contribution in [1.29, 1.82) is 0 Å². The summed E-state index contributed by atoms with van der Waals surface area (Å²) in [5.41, 5.74) is 0.881. The van der Waals surface area contributed by atoms with Crippen LogP contribution in [0.5, 0.6) is 23.0 Å². The van der Waals surface area contributed by atoms with Crippen molar-refractivity contribution in [1.82, 2.24) is 0 Å². The van der Waals surface area contributed by atoms with Crippen LogP contribution >= 0.6 is 15.9 Å². The summed E-state index contributed by atoms with van der Waals surface area (Å²) in [6.45, 7) is 1.25. The van der Waals surface area contributed by atoms with Crippen LogP contribution in [0.3, 0.4) is 0 Å². The summed E-state index contributed by atoms with van der Waals surface area (Å²) in [5, 5.41) is 0. The highest BCUT2D eigenvalue weighted by molar-refractivity contribution is 9.10. The molecule has 0 bridgehead atoms. The largest absolute Gasteiger partial charge is 0.497 e. The molecule has 2 unspecified atom stereocenters. The van der Waals surface area contributed by atoms with Gasteiger partial charge in [0.05, 0.1) is 21.3 Å². The van der Waals surface area contributed by atoms with Gasteiger partial charge in [-0.05, 0) is 17.7 Å². The fourth-order valence-corrected chi connectivity index (χ4v) is 3.57. The molecule has 2 aromatic rings. The average Bonchev–Trinajstić information content (AvgIpc) is 2.73. The Hall–Kier alpha value is -2.58. The lowest BCUT2D eigenvalue weighted by molar-refractivity contribution is -0.131. The Labute approximate surface area is 178 Å². The number of carbonyl (C=O) groups excluding carboxylic acids is 2. The van der Waals surface area contributed by atoms with Crippen molar-refractivity contribution in [2.75, 3.05) is 28.4 Å². The zero-order chi connectivity index (χ0) is 21.6.